The quantitative estimate of drug-likeness (QED) is 0.735. The van der Waals surface area contributed by atoms with Crippen LogP contribution in [0.25, 0.3) is 0 Å². The monoisotopic (exact) mass is 376 g/mol. The molecule has 6 heteroatoms. The Morgan fingerprint density at radius 2 is 2.05 bits per heavy atom. The molecule has 0 amide bonds. The van der Waals surface area contributed by atoms with E-state index >= 15 is 0 Å². The zero-order valence-corrected chi connectivity index (χ0v) is 14.0. The van der Waals surface area contributed by atoms with Crippen LogP contribution in [0.5, 0.6) is 0 Å². The molecule has 1 aromatic heterocycles. The molecule has 0 radical (unpaired) electrons. The molecule has 0 aliphatic carbocycles. The van der Waals surface area contributed by atoms with Crippen molar-refractivity contribution in [2.45, 2.75) is 16.8 Å². The van der Waals surface area contributed by atoms with E-state index in [9.17, 15) is 0 Å². The van der Waals surface area contributed by atoms with E-state index in [0.29, 0.717) is 15.9 Å². The zero-order valence-electron chi connectivity index (χ0n) is 10.1. The molecule has 100 valence electrons. The van der Waals surface area contributed by atoms with E-state index in [1.54, 1.807) is 6.07 Å². The van der Waals surface area contributed by atoms with Gasteiger partial charge in [-0.25, -0.2) is 4.98 Å². The molecule has 19 heavy (non-hydrogen) atoms. The molecule has 2 aromatic rings. The van der Waals surface area contributed by atoms with Gasteiger partial charge in [-0.3, -0.25) is 0 Å². The Hall–Kier alpha value is -0.420. The molecule has 2 nitrogen and oxygen atoms in total. The van der Waals surface area contributed by atoms with Crippen molar-refractivity contribution in [1.29, 1.82) is 0 Å². The lowest BCUT2D eigenvalue weighted by atomic mass is 10.4. The molecular weight excluding hydrogens is 367 g/mol. The van der Waals surface area contributed by atoms with Crippen LogP contribution in [0, 0.1) is 0 Å². The SMILES string of the molecule is CCNc1nc(Sc2cccc(Br)c2)c(Cl)cc1Cl. The highest BCUT2D eigenvalue weighted by atomic mass is 79.9. The summed E-state index contributed by atoms with van der Waals surface area (Å²) in [4.78, 5) is 5.52. The van der Waals surface area contributed by atoms with Gasteiger partial charge in [-0.15, -0.1) is 0 Å². The van der Waals surface area contributed by atoms with Gasteiger partial charge in [0.05, 0.1) is 10.0 Å². The summed E-state index contributed by atoms with van der Waals surface area (Å²) in [5.41, 5.74) is 0. The average molecular weight is 378 g/mol. The van der Waals surface area contributed by atoms with Crippen molar-refractivity contribution in [3.05, 3.63) is 44.8 Å². The normalized spacial score (nSPS) is 10.5. The Morgan fingerprint density at radius 1 is 1.26 bits per heavy atom. The number of hydrogen-bond acceptors (Lipinski definition) is 3. The van der Waals surface area contributed by atoms with Crippen LogP contribution in [0.1, 0.15) is 6.92 Å². The van der Waals surface area contributed by atoms with Crippen LogP contribution in [-0.2, 0) is 0 Å². The Kier molecular flexibility index (Phi) is 5.39. The van der Waals surface area contributed by atoms with Crippen molar-refractivity contribution in [1.82, 2.24) is 4.98 Å². The number of nitrogens with one attached hydrogen (secondary N) is 1. The van der Waals surface area contributed by atoms with E-state index < -0.39 is 0 Å². The van der Waals surface area contributed by atoms with Crippen molar-refractivity contribution in [2.24, 2.45) is 0 Å². The topological polar surface area (TPSA) is 24.9 Å². The molecular formula is C13H11BrCl2N2S. The second-order valence-corrected chi connectivity index (χ2v) is 6.49. The lowest BCUT2D eigenvalue weighted by Gasteiger charge is -2.09. The largest absolute Gasteiger partial charge is 0.369 e. The molecule has 2 rings (SSSR count). The highest BCUT2D eigenvalue weighted by molar-refractivity contribution is 9.10. The summed E-state index contributed by atoms with van der Waals surface area (Å²) in [5.74, 6) is 0.658. The maximum absolute atomic E-state index is 6.18. The molecule has 0 saturated heterocycles. The van der Waals surface area contributed by atoms with Gasteiger partial charge < -0.3 is 5.32 Å². The summed E-state index contributed by atoms with van der Waals surface area (Å²) < 4.78 is 1.02. The van der Waals surface area contributed by atoms with Crippen molar-refractivity contribution in [3.8, 4) is 0 Å². The van der Waals surface area contributed by atoms with Crippen LogP contribution in [0.15, 0.2) is 44.7 Å². The van der Waals surface area contributed by atoms with Gasteiger partial charge in [0.25, 0.3) is 0 Å². The van der Waals surface area contributed by atoms with Crippen LogP contribution in [0.4, 0.5) is 5.82 Å². The van der Waals surface area contributed by atoms with E-state index in [-0.39, 0.29) is 0 Å². The number of pyridine rings is 1. The highest BCUT2D eigenvalue weighted by Crippen LogP contribution is 2.36. The second kappa shape index (κ2) is 6.84. The maximum Gasteiger partial charge on any atom is 0.146 e. The van der Waals surface area contributed by atoms with Crippen molar-refractivity contribution >= 4 is 56.7 Å². The smallest absolute Gasteiger partial charge is 0.146 e. The van der Waals surface area contributed by atoms with Gasteiger partial charge >= 0.3 is 0 Å². The molecule has 0 aliphatic heterocycles. The fraction of sp³-hybridized carbons (Fsp3) is 0.154. The van der Waals surface area contributed by atoms with Crippen molar-refractivity contribution in [2.75, 3.05) is 11.9 Å². The van der Waals surface area contributed by atoms with E-state index in [1.807, 2.05) is 31.2 Å². The minimum absolute atomic E-state index is 0.533. The number of rotatable bonds is 4. The van der Waals surface area contributed by atoms with Gasteiger partial charge in [0.2, 0.25) is 0 Å². The van der Waals surface area contributed by atoms with Crippen molar-refractivity contribution < 1.29 is 0 Å². The Labute approximate surface area is 135 Å². The average Bonchev–Trinajstić information content (AvgIpc) is 2.35. The van der Waals surface area contributed by atoms with Gasteiger partial charge in [0.15, 0.2) is 0 Å². The number of aromatic nitrogens is 1. The van der Waals surface area contributed by atoms with Crippen LogP contribution in [0.3, 0.4) is 0 Å². The Balaban J connectivity index is 2.31. The van der Waals surface area contributed by atoms with Gasteiger partial charge in [0.1, 0.15) is 10.8 Å². The fourth-order valence-corrected chi connectivity index (χ4v) is 3.40. The van der Waals surface area contributed by atoms with Crippen LogP contribution in [-0.4, -0.2) is 11.5 Å². The minimum Gasteiger partial charge on any atom is -0.369 e. The molecule has 0 spiro atoms. The minimum atomic E-state index is 0.533. The molecule has 0 unspecified atom stereocenters. The number of benzene rings is 1. The van der Waals surface area contributed by atoms with Gasteiger partial charge in [0, 0.05) is 15.9 Å². The molecule has 1 aromatic carbocycles. The molecule has 0 fully saturated rings. The first-order chi connectivity index (χ1) is 9.10. The zero-order chi connectivity index (χ0) is 13.8. The van der Waals surface area contributed by atoms with Gasteiger partial charge in [-0.05, 0) is 31.2 Å². The predicted molar refractivity (Wildman–Crippen MR) is 86.7 cm³/mol. The first kappa shape index (κ1) is 15.0. The summed E-state index contributed by atoms with van der Waals surface area (Å²) >= 11 is 17.2. The number of halogens is 3. The third-order valence-corrected chi connectivity index (χ3v) is 4.43. The van der Waals surface area contributed by atoms with Crippen LogP contribution < -0.4 is 5.32 Å². The predicted octanol–water partition coefficient (Wildman–Crippen LogP) is 5.73. The number of anilines is 1. The second-order valence-electron chi connectivity index (χ2n) is 3.70. The summed E-state index contributed by atoms with van der Waals surface area (Å²) in [6.07, 6.45) is 0. The summed E-state index contributed by atoms with van der Waals surface area (Å²) in [7, 11) is 0. The number of hydrogen-bond donors (Lipinski definition) is 1. The molecule has 1 heterocycles. The first-order valence-electron chi connectivity index (χ1n) is 5.63. The fourth-order valence-electron chi connectivity index (χ4n) is 1.45. The third kappa shape index (κ3) is 4.02. The Bertz CT molecular complexity index is 593. The van der Waals surface area contributed by atoms with Crippen LogP contribution >= 0.6 is 50.9 Å². The van der Waals surface area contributed by atoms with E-state index in [1.165, 1.54) is 11.8 Å². The summed E-state index contributed by atoms with van der Waals surface area (Å²) in [5, 5.41) is 4.94. The van der Waals surface area contributed by atoms with E-state index in [2.05, 4.69) is 26.2 Å². The highest BCUT2D eigenvalue weighted by Gasteiger charge is 2.10. The Morgan fingerprint density at radius 3 is 2.74 bits per heavy atom. The van der Waals surface area contributed by atoms with Crippen LogP contribution in [0.2, 0.25) is 10.0 Å². The molecule has 0 bridgehead atoms. The molecule has 1 N–H and O–H groups in total. The molecule has 0 saturated carbocycles. The number of nitrogens with zero attached hydrogens (tertiary/aromatic N) is 1. The van der Waals surface area contributed by atoms with E-state index in [4.69, 9.17) is 23.2 Å². The summed E-state index contributed by atoms with van der Waals surface area (Å²) in [6, 6.07) is 9.69. The van der Waals surface area contributed by atoms with Gasteiger partial charge in [-0.1, -0.05) is 57.0 Å². The van der Waals surface area contributed by atoms with Crippen molar-refractivity contribution in [3.63, 3.8) is 0 Å². The maximum atomic E-state index is 6.18. The molecule has 0 aliphatic rings. The van der Waals surface area contributed by atoms with E-state index in [0.717, 1.165) is 20.9 Å². The molecule has 0 atom stereocenters. The lowest BCUT2D eigenvalue weighted by molar-refractivity contribution is 1.08. The van der Waals surface area contributed by atoms with Gasteiger partial charge in [-0.2, -0.15) is 0 Å². The summed E-state index contributed by atoms with van der Waals surface area (Å²) in [6.45, 7) is 2.75. The lowest BCUT2D eigenvalue weighted by Crippen LogP contribution is -2.00. The standard InChI is InChI=1S/C13H11BrCl2N2S/c1-2-17-12-10(15)7-11(16)13(18-12)19-9-5-3-4-8(14)6-9/h3-7H,2H2,1H3,(H,17,18). The first-order valence-corrected chi connectivity index (χ1v) is 8.00. The third-order valence-electron chi connectivity index (χ3n) is 2.25.